The second-order valence-corrected chi connectivity index (χ2v) is 6.32. The molecule has 3 aromatic rings. The molecular weight excluding hydrogens is 310 g/mol. The number of carbonyl (C=O) groups excluding carboxylic acids is 1. The summed E-state index contributed by atoms with van der Waals surface area (Å²) in [5.74, 6) is -0.0499. The summed E-state index contributed by atoms with van der Waals surface area (Å²) in [7, 11) is 0. The van der Waals surface area contributed by atoms with Gasteiger partial charge in [-0.15, -0.1) is 0 Å². The molecule has 3 aromatic carbocycles. The fourth-order valence-corrected chi connectivity index (χ4v) is 3.09. The Morgan fingerprint density at radius 2 is 1.60 bits per heavy atom. The molecule has 0 fully saturated rings. The van der Waals surface area contributed by atoms with Gasteiger partial charge in [0.2, 0.25) is 5.90 Å². The van der Waals surface area contributed by atoms with E-state index in [0.29, 0.717) is 11.6 Å². The van der Waals surface area contributed by atoms with Crippen molar-refractivity contribution in [2.24, 2.45) is 4.99 Å². The zero-order chi connectivity index (χ0) is 17.4. The first-order valence-electron chi connectivity index (χ1n) is 8.18. The van der Waals surface area contributed by atoms with Gasteiger partial charge in [-0.25, -0.2) is 9.79 Å². The maximum atomic E-state index is 12.2. The Labute approximate surface area is 146 Å². The van der Waals surface area contributed by atoms with Crippen molar-refractivity contribution in [1.82, 2.24) is 0 Å². The van der Waals surface area contributed by atoms with E-state index in [0.717, 1.165) is 33.0 Å². The molecule has 0 saturated heterocycles. The van der Waals surface area contributed by atoms with Crippen LogP contribution in [-0.4, -0.2) is 11.9 Å². The predicted octanol–water partition coefficient (Wildman–Crippen LogP) is 4.80. The lowest BCUT2D eigenvalue weighted by Crippen LogP contribution is -2.05. The van der Waals surface area contributed by atoms with Crippen molar-refractivity contribution >= 4 is 28.7 Å². The molecule has 4 rings (SSSR count). The standard InChI is InChI=1S/C22H17NO2/c1-14-9-15(2)11-19(10-14)21-23-20(22(24)25-21)13-16-7-8-17-5-3-4-6-18(17)12-16/h3-13H,1-2H3. The molecule has 3 nitrogen and oxygen atoms in total. The van der Waals surface area contributed by atoms with Crippen LogP contribution in [0.2, 0.25) is 0 Å². The molecule has 3 heteroatoms. The number of esters is 1. The zero-order valence-corrected chi connectivity index (χ0v) is 14.1. The minimum atomic E-state index is -0.415. The lowest BCUT2D eigenvalue weighted by atomic mass is 10.1. The first-order chi connectivity index (χ1) is 12.1. The van der Waals surface area contributed by atoms with E-state index >= 15 is 0 Å². The Morgan fingerprint density at radius 1 is 0.880 bits per heavy atom. The van der Waals surface area contributed by atoms with Gasteiger partial charge in [0, 0.05) is 5.56 Å². The second-order valence-electron chi connectivity index (χ2n) is 6.32. The van der Waals surface area contributed by atoms with Gasteiger partial charge in [-0.05, 0) is 54.5 Å². The largest absolute Gasteiger partial charge is 0.402 e. The molecule has 1 aliphatic rings. The van der Waals surface area contributed by atoms with Gasteiger partial charge >= 0.3 is 5.97 Å². The normalized spacial score (nSPS) is 15.5. The fourth-order valence-electron chi connectivity index (χ4n) is 3.09. The number of aliphatic imine (C=N–C) groups is 1. The van der Waals surface area contributed by atoms with Crippen molar-refractivity contribution in [3.05, 3.63) is 88.6 Å². The number of cyclic esters (lactones) is 1. The van der Waals surface area contributed by atoms with E-state index in [1.54, 1.807) is 6.08 Å². The number of hydrogen-bond acceptors (Lipinski definition) is 3. The van der Waals surface area contributed by atoms with Gasteiger partial charge in [0.1, 0.15) is 0 Å². The van der Waals surface area contributed by atoms with Crippen LogP contribution < -0.4 is 0 Å². The molecule has 0 unspecified atom stereocenters. The van der Waals surface area contributed by atoms with Crippen LogP contribution in [0, 0.1) is 13.8 Å². The number of hydrogen-bond donors (Lipinski definition) is 0. The maximum absolute atomic E-state index is 12.2. The van der Waals surface area contributed by atoms with E-state index in [2.05, 4.69) is 23.2 Å². The van der Waals surface area contributed by atoms with Crippen LogP contribution in [0.4, 0.5) is 0 Å². The average Bonchev–Trinajstić information content (AvgIpc) is 2.95. The number of nitrogens with zero attached hydrogens (tertiary/aromatic N) is 1. The number of ether oxygens (including phenoxy) is 1. The topological polar surface area (TPSA) is 38.7 Å². The second kappa shape index (κ2) is 6.02. The van der Waals surface area contributed by atoms with Gasteiger partial charge in [0.05, 0.1) is 0 Å². The summed E-state index contributed by atoms with van der Waals surface area (Å²) >= 11 is 0. The third-order valence-corrected chi connectivity index (χ3v) is 4.17. The summed E-state index contributed by atoms with van der Waals surface area (Å²) in [4.78, 5) is 16.6. The SMILES string of the molecule is Cc1cc(C)cc(C2=NC(=Cc3ccc4ccccc4c3)C(=O)O2)c1. The molecule has 0 amide bonds. The van der Waals surface area contributed by atoms with E-state index in [1.165, 1.54) is 0 Å². The van der Waals surface area contributed by atoms with Crippen molar-refractivity contribution in [3.8, 4) is 0 Å². The van der Waals surface area contributed by atoms with Crippen LogP contribution in [0.1, 0.15) is 22.3 Å². The minimum absolute atomic E-state index is 0.324. The molecule has 0 radical (unpaired) electrons. The van der Waals surface area contributed by atoms with Crippen molar-refractivity contribution < 1.29 is 9.53 Å². The van der Waals surface area contributed by atoms with E-state index < -0.39 is 5.97 Å². The highest BCUT2D eigenvalue weighted by molar-refractivity contribution is 6.13. The zero-order valence-electron chi connectivity index (χ0n) is 14.1. The fraction of sp³-hybridized carbons (Fsp3) is 0.0909. The Hall–Kier alpha value is -3.20. The Morgan fingerprint density at radius 3 is 2.36 bits per heavy atom. The van der Waals surface area contributed by atoms with Gasteiger partial charge in [-0.3, -0.25) is 0 Å². The van der Waals surface area contributed by atoms with Gasteiger partial charge in [-0.2, -0.15) is 0 Å². The Balaban J connectivity index is 1.72. The molecule has 0 saturated carbocycles. The molecular formula is C22H17NO2. The molecule has 0 bridgehead atoms. The van der Waals surface area contributed by atoms with Crippen LogP contribution in [0.3, 0.4) is 0 Å². The molecule has 122 valence electrons. The lowest BCUT2D eigenvalue weighted by molar-refractivity contribution is -0.129. The number of rotatable bonds is 2. The highest BCUT2D eigenvalue weighted by Gasteiger charge is 2.24. The van der Waals surface area contributed by atoms with Crippen LogP contribution in [0.25, 0.3) is 16.8 Å². The summed E-state index contributed by atoms with van der Waals surface area (Å²) in [5, 5.41) is 2.29. The lowest BCUT2D eigenvalue weighted by Gasteiger charge is -2.03. The van der Waals surface area contributed by atoms with Crippen molar-refractivity contribution in [2.75, 3.05) is 0 Å². The number of fused-ring (bicyclic) bond motifs is 1. The van der Waals surface area contributed by atoms with Crippen LogP contribution in [0.5, 0.6) is 0 Å². The first-order valence-corrected chi connectivity index (χ1v) is 8.18. The number of carbonyl (C=O) groups is 1. The molecule has 25 heavy (non-hydrogen) atoms. The Bertz CT molecular complexity index is 1040. The maximum Gasteiger partial charge on any atom is 0.363 e. The van der Waals surface area contributed by atoms with E-state index in [9.17, 15) is 4.79 Å². The van der Waals surface area contributed by atoms with E-state index in [4.69, 9.17) is 4.74 Å². The Kier molecular flexibility index (Phi) is 3.69. The number of aryl methyl sites for hydroxylation is 2. The monoisotopic (exact) mass is 327 g/mol. The van der Waals surface area contributed by atoms with Gasteiger partial charge in [-0.1, -0.05) is 53.6 Å². The number of benzene rings is 3. The first kappa shape index (κ1) is 15.3. The molecule has 1 aliphatic heterocycles. The summed E-state index contributed by atoms with van der Waals surface area (Å²) in [6, 6.07) is 20.2. The summed E-state index contributed by atoms with van der Waals surface area (Å²) in [6.07, 6.45) is 1.77. The summed E-state index contributed by atoms with van der Waals surface area (Å²) in [6.45, 7) is 4.03. The molecule has 0 spiro atoms. The van der Waals surface area contributed by atoms with Crippen LogP contribution >= 0.6 is 0 Å². The van der Waals surface area contributed by atoms with Gasteiger partial charge in [0.25, 0.3) is 0 Å². The molecule has 0 aromatic heterocycles. The quantitative estimate of drug-likeness (QED) is 0.501. The summed E-state index contributed by atoms with van der Waals surface area (Å²) in [5.41, 5.74) is 4.30. The average molecular weight is 327 g/mol. The molecule has 0 aliphatic carbocycles. The van der Waals surface area contributed by atoms with Gasteiger partial charge in [0.15, 0.2) is 5.70 Å². The highest BCUT2D eigenvalue weighted by atomic mass is 16.6. The van der Waals surface area contributed by atoms with Crippen LogP contribution in [0.15, 0.2) is 71.4 Å². The van der Waals surface area contributed by atoms with E-state index in [1.807, 2.05) is 56.3 Å². The molecule has 0 N–H and O–H groups in total. The highest BCUT2D eigenvalue weighted by Crippen LogP contribution is 2.22. The third kappa shape index (κ3) is 3.09. The molecule has 1 heterocycles. The van der Waals surface area contributed by atoms with Crippen LogP contribution in [-0.2, 0) is 9.53 Å². The van der Waals surface area contributed by atoms with Crippen molar-refractivity contribution in [2.45, 2.75) is 13.8 Å². The third-order valence-electron chi connectivity index (χ3n) is 4.17. The van der Waals surface area contributed by atoms with E-state index in [-0.39, 0.29) is 0 Å². The minimum Gasteiger partial charge on any atom is -0.402 e. The van der Waals surface area contributed by atoms with Gasteiger partial charge < -0.3 is 4.74 Å². The summed E-state index contributed by atoms with van der Waals surface area (Å²) < 4.78 is 5.37. The smallest absolute Gasteiger partial charge is 0.363 e. The van der Waals surface area contributed by atoms with Crippen molar-refractivity contribution in [3.63, 3.8) is 0 Å². The predicted molar refractivity (Wildman–Crippen MR) is 100 cm³/mol. The van der Waals surface area contributed by atoms with Crippen molar-refractivity contribution in [1.29, 1.82) is 0 Å². The molecule has 0 atom stereocenters.